The summed E-state index contributed by atoms with van der Waals surface area (Å²) in [6, 6.07) is 5.85. The highest BCUT2D eigenvalue weighted by Crippen LogP contribution is 2.22. The van der Waals surface area contributed by atoms with Gasteiger partial charge in [0.1, 0.15) is 6.10 Å². The van der Waals surface area contributed by atoms with Gasteiger partial charge in [-0.2, -0.15) is 0 Å². The molecule has 2 N–H and O–H groups in total. The Bertz CT molecular complexity index is 436. The van der Waals surface area contributed by atoms with Gasteiger partial charge in [-0.25, -0.2) is 0 Å². The average Bonchev–Trinajstić information content (AvgIpc) is 2.94. The lowest BCUT2D eigenvalue weighted by Gasteiger charge is -2.29. The minimum Gasteiger partial charge on any atom is -0.364 e. The summed E-state index contributed by atoms with van der Waals surface area (Å²) in [7, 11) is 0. The monoisotopic (exact) mass is 277 g/mol. The highest BCUT2D eigenvalue weighted by Gasteiger charge is 2.33. The van der Waals surface area contributed by atoms with Gasteiger partial charge in [-0.1, -0.05) is 6.07 Å². The van der Waals surface area contributed by atoms with Crippen LogP contribution in [-0.4, -0.2) is 40.6 Å². The fourth-order valence-corrected chi connectivity index (χ4v) is 2.43. The van der Waals surface area contributed by atoms with E-state index in [1.807, 2.05) is 36.9 Å². The van der Waals surface area contributed by atoms with Crippen LogP contribution >= 0.6 is 0 Å². The first-order chi connectivity index (χ1) is 9.61. The van der Waals surface area contributed by atoms with Crippen LogP contribution in [0.3, 0.4) is 0 Å². The Balaban J connectivity index is 2.03. The zero-order valence-electron chi connectivity index (χ0n) is 12.2. The van der Waals surface area contributed by atoms with Crippen molar-refractivity contribution in [1.29, 1.82) is 0 Å². The number of nitrogens with zero attached hydrogens (tertiary/aromatic N) is 2. The summed E-state index contributed by atoms with van der Waals surface area (Å²) in [5.41, 5.74) is 6.49. The standard InChI is InChI=1S/C15H23N3O2/c1-11(2)18(10-12-5-3-4-8-17-12)15(19)14-7-6-13(9-16)20-14/h3-5,8,11,13-14H,6-7,9-10,16H2,1-2H3. The van der Waals surface area contributed by atoms with Crippen molar-refractivity contribution in [2.24, 2.45) is 5.73 Å². The van der Waals surface area contributed by atoms with E-state index in [4.69, 9.17) is 10.5 Å². The van der Waals surface area contributed by atoms with E-state index in [2.05, 4.69) is 4.98 Å². The van der Waals surface area contributed by atoms with E-state index in [-0.39, 0.29) is 24.2 Å². The third-order valence-corrected chi connectivity index (χ3v) is 3.61. The zero-order valence-corrected chi connectivity index (χ0v) is 12.2. The van der Waals surface area contributed by atoms with Crippen LogP contribution in [0.15, 0.2) is 24.4 Å². The molecular formula is C15H23N3O2. The normalized spacial score (nSPS) is 22.2. The SMILES string of the molecule is CC(C)N(Cc1ccccn1)C(=O)C1CCC(CN)O1. The van der Waals surface area contributed by atoms with Crippen LogP contribution in [0.5, 0.6) is 0 Å². The van der Waals surface area contributed by atoms with Gasteiger partial charge < -0.3 is 15.4 Å². The summed E-state index contributed by atoms with van der Waals surface area (Å²) in [4.78, 5) is 18.7. The Morgan fingerprint density at radius 1 is 1.50 bits per heavy atom. The van der Waals surface area contributed by atoms with E-state index in [0.717, 1.165) is 18.5 Å². The largest absolute Gasteiger partial charge is 0.364 e. The second-order valence-corrected chi connectivity index (χ2v) is 5.44. The van der Waals surface area contributed by atoms with E-state index < -0.39 is 0 Å². The Labute approximate surface area is 120 Å². The molecule has 2 unspecified atom stereocenters. The Morgan fingerprint density at radius 3 is 2.85 bits per heavy atom. The van der Waals surface area contributed by atoms with Crippen LogP contribution in [0, 0.1) is 0 Å². The second kappa shape index (κ2) is 6.81. The fourth-order valence-electron chi connectivity index (χ4n) is 2.43. The lowest BCUT2D eigenvalue weighted by Crippen LogP contribution is -2.43. The molecule has 1 saturated heterocycles. The summed E-state index contributed by atoms with van der Waals surface area (Å²) in [5.74, 6) is 0.0432. The molecule has 2 atom stereocenters. The molecule has 1 aromatic rings. The maximum atomic E-state index is 12.6. The molecule has 1 aliphatic rings. The number of ether oxygens (including phenoxy) is 1. The molecule has 20 heavy (non-hydrogen) atoms. The van der Waals surface area contributed by atoms with Gasteiger partial charge in [0.2, 0.25) is 0 Å². The smallest absolute Gasteiger partial charge is 0.252 e. The summed E-state index contributed by atoms with van der Waals surface area (Å²) in [5, 5.41) is 0. The Hall–Kier alpha value is -1.46. The summed E-state index contributed by atoms with van der Waals surface area (Å²) < 4.78 is 5.70. The molecule has 0 bridgehead atoms. The fraction of sp³-hybridized carbons (Fsp3) is 0.600. The average molecular weight is 277 g/mol. The van der Waals surface area contributed by atoms with Gasteiger partial charge in [0.15, 0.2) is 0 Å². The van der Waals surface area contributed by atoms with Crippen LogP contribution in [0.4, 0.5) is 0 Å². The first-order valence-corrected chi connectivity index (χ1v) is 7.17. The number of carbonyl (C=O) groups excluding carboxylic acids is 1. The second-order valence-electron chi connectivity index (χ2n) is 5.44. The van der Waals surface area contributed by atoms with Crippen molar-refractivity contribution >= 4 is 5.91 Å². The topological polar surface area (TPSA) is 68.5 Å². The lowest BCUT2D eigenvalue weighted by molar-refractivity contribution is -0.145. The molecule has 0 spiro atoms. The van der Waals surface area contributed by atoms with Crippen LogP contribution in [-0.2, 0) is 16.1 Å². The number of carbonyl (C=O) groups is 1. The molecule has 0 saturated carbocycles. The summed E-state index contributed by atoms with van der Waals surface area (Å²) >= 11 is 0. The van der Waals surface area contributed by atoms with Crippen molar-refractivity contribution in [2.45, 2.75) is 51.5 Å². The number of aromatic nitrogens is 1. The van der Waals surface area contributed by atoms with Gasteiger partial charge in [0.05, 0.1) is 18.3 Å². The maximum absolute atomic E-state index is 12.6. The molecule has 1 aliphatic heterocycles. The molecule has 5 nitrogen and oxygen atoms in total. The number of amides is 1. The molecule has 0 aromatic carbocycles. The quantitative estimate of drug-likeness (QED) is 0.881. The molecule has 0 aliphatic carbocycles. The Kier molecular flexibility index (Phi) is 5.09. The third-order valence-electron chi connectivity index (χ3n) is 3.61. The van der Waals surface area contributed by atoms with Crippen LogP contribution in [0.2, 0.25) is 0 Å². The first-order valence-electron chi connectivity index (χ1n) is 7.17. The van der Waals surface area contributed by atoms with Crippen LogP contribution in [0.25, 0.3) is 0 Å². The van der Waals surface area contributed by atoms with Crippen LogP contribution in [0.1, 0.15) is 32.4 Å². The van der Waals surface area contributed by atoms with E-state index in [0.29, 0.717) is 13.1 Å². The lowest BCUT2D eigenvalue weighted by atomic mass is 10.1. The van der Waals surface area contributed by atoms with Gasteiger partial charge in [0, 0.05) is 18.8 Å². The molecule has 1 aromatic heterocycles. The molecule has 2 rings (SSSR count). The van der Waals surface area contributed by atoms with E-state index in [1.54, 1.807) is 6.20 Å². The van der Waals surface area contributed by atoms with Crippen molar-refractivity contribution in [3.05, 3.63) is 30.1 Å². The molecular weight excluding hydrogens is 254 g/mol. The van der Waals surface area contributed by atoms with Crippen molar-refractivity contribution < 1.29 is 9.53 Å². The molecule has 0 radical (unpaired) electrons. The number of hydrogen-bond acceptors (Lipinski definition) is 4. The minimum atomic E-state index is -0.352. The molecule has 2 heterocycles. The first kappa shape index (κ1) is 14.9. The van der Waals surface area contributed by atoms with Gasteiger partial charge in [-0.15, -0.1) is 0 Å². The van der Waals surface area contributed by atoms with Crippen molar-refractivity contribution in [1.82, 2.24) is 9.88 Å². The zero-order chi connectivity index (χ0) is 14.5. The van der Waals surface area contributed by atoms with Crippen molar-refractivity contribution in [2.75, 3.05) is 6.54 Å². The van der Waals surface area contributed by atoms with Crippen molar-refractivity contribution in [3.63, 3.8) is 0 Å². The summed E-state index contributed by atoms with van der Waals surface area (Å²) in [6.07, 6.45) is 3.03. The third kappa shape index (κ3) is 3.55. The van der Waals surface area contributed by atoms with Gasteiger partial charge >= 0.3 is 0 Å². The molecule has 1 amide bonds. The predicted octanol–water partition coefficient (Wildman–Crippen LogP) is 1.32. The molecule has 1 fully saturated rings. The summed E-state index contributed by atoms with van der Waals surface area (Å²) in [6.45, 7) is 5.02. The van der Waals surface area contributed by atoms with E-state index >= 15 is 0 Å². The number of hydrogen-bond donors (Lipinski definition) is 1. The minimum absolute atomic E-state index is 0.0211. The number of rotatable bonds is 5. The van der Waals surface area contributed by atoms with Gasteiger partial charge in [-0.3, -0.25) is 9.78 Å². The van der Waals surface area contributed by atoms with E-state index in [1.165, 1.54) is 0 Å². The predicted molar refractivity (Wildman–Crippen MR) is 76.9 cm³/mol. The Morgan fingerprint density at radius 2 is 2.30 bits per heavy atom. The number of nitrogens with two attached hydrogens (primary N) is 1. The highest BCUT2D eigenvalue weighted by molar-refractivity contribution is 5.81. The van der Waals surface area contributed by atoms with E-state index in [9.17, 15) is 4.79 Å². The van der Waals surface area contributed by atoms with Gasteiger partial charge in [0.25, 0.3) is 5.91 Å². The molecule has 110 valence electrons. The van der Waals surface area contributed by atoms with Crippen LogP contribution < -0.4 is 5.73 Å². The maximum Gasteiger partial charge on any atom is 0.252 e. The molecule has 5 heteroatoms. The van der Waals surface area contributed by atoms with Gasteiger partial charge in [-0.05, 0) is 38.8 Å². The van der Waals surface area contributed by atoms with Crippen molar-refractivity contribution in [3.8, 4) is 0 Å². The number of pyridine rings is 1. The highest BCUT2D eigenvalue weighted by atomic mass is 16.5.